The normalized spacial score (nSPS) is 15.7. The van der Waals surface area contributed by atoms with Gasteiger partial charge in [-0.15, -0.1) is 0 Å². The van der Waals surface area contributed by atoms with Crippen LogP contribution in [0.2, 0.25) is 0 Å². The molecule has 2 aromatic rings. The monoisotopic (exact) mass is 459 g/mol. The van der Waals surface area contributed by atoms with E-state index in [2.05, 4.69) is 10.4 Å². The lowest BCUT2D eigenvalue weighted by Gasteiger charge is -2.12. The number of halogens is 1. The highest BCUT2D eigenvalue weighted by Crippen LogP contribution is 2.30. The molecule has 0 radical (unpaired) electrons. The number of carbonyl (C=O) groups excluding carboxylic acids is 1. The van der Waals surface area contributed by atoms with Gasteiger partial charge in [-0.1, -0.05) is 19.9 Å². The maximum Gasteiger partial charge on any atom is 0.305 e. The molecular formula is C24H30FN3O5. The van der Waals surface area contributed by atoms with Crippen molar-refractivity contribution in [2.24, 2.45) is 5.92 Å². The van der Waals surface area contributed by atoms with E-state index in [0.29, 0.717) is 29.4 Å². The van der Waals surface area contributed by atoms with E-state index in [1.165, 1.54) is 22.9 Å². The van der Waals surface area contributed by atoms with Gasteiger partial charge in [-0.05, 0) is 55.0 Å². The first kappa shape index (κ1) is 24.6. The molecule has 0 unspecified atom stereocenters. The minimum Gasteiger partial charge on any atom is -0.481 e. The molecule has 9 heteroatoms. The van der Waals surface area contributed by atoms with Crippen molar-refractivity contribution in [3.63, 3.8) is 0 Å². The zero-order chi connectivity index (χ0) is 24.1. The Balaban J connectivity index is 1.96. The van der Waals surface area contributed by atoms with Gasteiger partial charge in [-0.2, -0.15) is 5.10 Å². The van der Waals surface area contributed by atoms with Crippen LogP contribution in [0.4, 0.5) is 4.39 Å². The predicted octanol–water partition coefficient (Wildman–Crippen LogP) is 2.87. The maximum absolute atomic E-state index is 13.5. The van der Waals surface area contributed by atoms with Crippen LogP contribution in [0.3, 0.4) is 0 Å². The van der Waals surface area contributed by atoms with Crippen LogP contribution in [0.25, 0.3) is 11.8 Å². The predicted molar refractivity (Wildman–Crippen MR) is 121 cm³/mol. The van der Waals surface area contributed by atoms with Gasteiger partial charge < -0.3 is 20.6 Å². The second-order valence-electron chi connectivity index (χ2n) is 8.76. The van der Waals surface area contributed by atoms with Crippen LogP contribution in [-0.4, -0.2) is 55.7 Å². The van der Waals surface area contributed by atoms with Gasteiger partial charge >= 0.3 is 5.97 Å². The Morgan fingerprint density at radius 1 is 1.24 bits per heavy atom. The van der Waals surface area contributed by atoms with Crippen molar-refractivity contribution in [2.75, 3.05) is 6.54 Å². The molecule has 1 saturated carbocycles. The van der Waals surface area contributed by atoms with E-state index in [1.807, 2.05) is 13.8 Å². The molecule has 3 rings (SSSR count). The van der Waals surface area contributed by atoms with Crippen LogP contribution in [0.1, 0.15) is 67.2 Å². The molecule has 4 N–H and O–H groups in total. The van der Waals surface area contributed by atoms with Crippen molar-refractivity contribution < 1.29 is 29.3 Å². The van der Waals surface area contributed by atoms with Crippen LogP contribution in [-0.2, 0) is 4.79 Å². The van der Waals surface area contributed by atoms with Gasteiger partial charge in [0.2, 0.25) is 0 Å². The molecule has 2 atom stereocenters. The summed E-state index contributed by atoms with van der Waals surface area (Å²) in [6.07, 6.45) is 2.30. The number of aliphatic hydroxyl groups is 2. The average Bonchev–Trinajstić information content (AvgIpc) is 3.48. The third-order valence-corrected chi connectivity index (χ3v) is 5.47. The largest absolute Gasteiger partial charge is 0.481 e. The van der Waals surface area contributed by atoms with Gasteiger partial charge in [0.15, 0.2) is 5.69 Å². The summed E-state index contributed by atoms with van der Waals surface area (Å²) in [5, 5.41) is 36.3. The molecule has 8 nitrogen and oxygen atoms in total. The van der Waals surface area contributed by atoms with Crippen LogP contribution in [0, 0.1) is 11.7 Å². The summed E-state index contributed by atoms with van der Waals surface area (Å²) in [6.45, 7) is 4.44. The Morgan fingerprint density at radius 2 is 1.91 bits per heavy atom. The fourth-order valence-electron chi connectivity index (χ4n) is 3.61. The standard InChI is InChI=1S/C24H30FN3O5/c1-14(2)22-20(10-9-18(29)11-19(30)12-21(31)32)28(17-7-5-16(25)6-8-17)27-23(22)24(33)26-13-15-3-4-15/h5-10,14-15,18-19,29-30H,3-4,11-13H2,1-2H3,(H,26,33)(H,31,32)/t18-,19+/m0/s1. The number of aliphatic hydroxyl groups excluding tert-OH is 2. The van der Waals surface area contributed by atoms with Gasteiger partial charge in [0.05, 0.1) is 30.0 Å². The van der Waals surface area contributed by atoms with E-state index in [1.54, 1.807) is 18.2 Å². The highest BCUT2D eigenvalue weighted by molar-refractivity contribution is 5.95. The van der Waals surface area contributed by atoms with Gasteiger partial charge in [-0.3, -0.25) is 9.59 Å². The number of aromatic nitrogens is 2. The number of amides is 1. The molecule has 1 aliphatic carbocycles. The van der Waals surface area contributed by atoms with Gasteiger partial charge in [0.25, 0.3) is 5.91 Å². The summed E-state index contributed by atoms with van der Waals surface area (Å²) in [4.78, 5) is 23.7. The number of carboxylic acid groups (broad SMARTS) is 1. The van der Waals surface area contributed by atoms with E-state index in [9.17, 15) is 24.2 Å². The zero-order valence-corrected chi connectivity index (χ0v) is 18.7. The summed E-state index contributed by atoms with van der Waals surface area (Å²) in [7, 11) is 0. The molecule has 1 heterocycles. The lowest BCUT2D eigenvalue weighted by atomic mass is 9.98. The smallest absolute Gasteiger partial charge is 0.305 e. The van der Waals surface area contributed by atoms with Crippen LogP contribution in [0.15, 0.2) is 30.3 Å². The summed E-state index contributed by atoms with van der Waals surface area (Å²) < 4.78 is 15.0. The first-order valence-corrected chi connectivity index (χ1v) is 11.1. The molecule has 0 bridgehead atoms. The third kappa shape index (κ3) is 6.72. The van der Waals surface area contributed by atoms with Crippen molar-refractivity contribution in [3.8, 4) is 5.69 Å². The van der Waals surface area contributed by atoms with Crippen LogP contribution >= 0.6 is 0 Å². The molecule has 0 spiro atoms. The second-order valence-corrected chi connectivity index (χ2v) is 8.76. The molecule has 1 amide bonds. The number of nitrogens with one attached hydrogen (secondary N) is 1. The number of hydrogen-bond acceptors (Lipinski definition) is 5. The van der Waals surface area contributed by atoms with Crippen molar-refractivity contribution in [1.29, 1.82) is 0 Å². The van der Waals surface area contributed by atoms with Gasteiger partial charge in [-0.25, -0.2) is 9.07 Å². The fourth-order valence-corrected chi connectivity index (χ4v) is 3.61. The third-order valence-electron chi connectivity index (χ3n) is 5.47. The first-order valence-electron chi connectivity index (χ1n) is 11.1. The van der Waals surface area contributed by atoms with E-state index >= 15 is 0 Å². The molecule has 1 aromatic heterocycles. The highest BCUT2D eigenvalue weighted by atomic mass is 19.1. The molecule has 33 heavy (non-hydrogen) atoms. The topological polar surface area (TPSA) is 125 Å². The molecule has 0 aliphatic heterocycles. The molecule has 178 valence electrons. The van der Waals surface area contributed by atoms with Crippen molar-refractivity contribution in [2.45, 2.75) is 57.7 Å². The number of hydrogen-bond donors (Lipinski definition) is 4. The molecule has 1 aliphatic rings. The average molecular weight is 460 g/mol. The zero-order valence-electron chi connectivity index (χ0n) is 18.7. The number of nitrogens with zero attached hydrogens (tertiary/aromatic N) is 2. The van der Waals surface area contributed by atoms with Gasteiger partial charge in [0.1, 0.15) is 5.82 Å². The van der Waals surface area contributed by atoms with Crippen LogP contribution < -0.4 is 5.32 Å². The quantitative estimate of drug-likeness (QED) is 0.410. The summed E-state index contributed by atoms with van der Waals surface area (Å²) >= 11 is 0. The van der Waals surface area contributed by atoms with Crippen molar-refractivity contribution in [3.05, 3.63) is 53.1 Å². The SMILES string of the molecule is CC(C)c1c(C(=O)NCC2CC2)nn(-c2ccc(F)cc2)c1C=C[C@H](O)C[C@@H](O)CC(=O)O. The Hall–Kier alpha value is -3.04. The van der Waals surface area contributed by atoms with Crippen LogP contribution in [0.5, 0.6) is 0 Å². The van der Waals surface area contributed by atoms with Crippen molar-refractivity contribution >= 4 is 18.0 Å². The van der Waals surface area contributed by atoms with E-state index in [0.717, 1.165) is 12.8 Å². The number of rotatable bonds is 11. The van der Waals surface area contributed by atoms with Crippen molar-refractivity contribution in [1.82, 2.24) is 15.1 Å². The summed E-state index contributed by atoms with van der Waals surface area (Å²) in [6, 6.07) is 5.68. The number of carbonyl (C=O) groups is 2. The lowest BCUT2D eigenvalue weighted by molar-refractivity contribution is -0.139. The summed E-state index contributed by atoms with van der Waals surface area (Å²) in [5.41, 5.74) is 2.01. The molecule has 1 fully saturated rings. The Labute approximate surface area is 191 Å². The number of benzene rings is 1. The second kappa shape index (κ2) is 10.7. The van der Waals surface area contributed by atoms with Gasteiger partial charge in [0, 0.05) is 18.5 Å². The Bertz CT molecular complexity index is 1010. The first-order chi connectivity index (χ1) is 15.7. The Morgan fingerprint density at radius 3 is 2.48 bits per heavy atom. The maximum atomic E-state index is 13.5. The fraction of sp³-hybridized carbons (Fsp3) is 0.458. The Kier molecular flexibility index (Phi) is 7.99. The number of carboxylic acids is 1. The molecule has 1 aromatic carbocycles. The lowest BCUT2D eigenvalue weighted by Crippen LogP contribution is -2.27. The van der Waals surface area contributed by atoms with E-state index in [4.69, 9.17) is 5.11 Å². The van der Waals surface area contributed by atoms with E-state index in [-0.39, 0.29) is 23.9 Å². The molecule has 0 saturated heterocycles. The van der Waals surface area contributed by atoms with E-state index < -0.39 is 30.4 Å². The number of aliphatic carboxylic acids is 1. The highest BCUT2D eigenvalue weighted by Gasteiger charge is 2.27. The minimum absolute atomic E-state index is 0.0877. The molecular weight excluding hydrogens is 429 g/mol. The minimum atomic E-state index is -1.20. The summed E-state index contributed by atoms with van der Waals surface area (Å²) in [5.74, 6) is -1.44.